The van der Waals surface area contributed by atoms with Crippen LogP contribution in [0.15, 0.2) is 18.2 Å². The number of nitrogens with zero attached hydrogens (tertiary/aromatic N) is 2. The number of aromatic hydroxyl groups is 1. The third kappa shape index (κ3) is 3.07. The molecule has 3 N–H and O–H groups in total. The maximum Gasteiger partial charge on any atom is 0.161 e. The van der Waals surface area contributed by atoms with Crippen molar-refractivity contribution in [3.63, 3.8) is 0 Å². The zero-order valence-electron chi connectivity index (χ0n) is 12.4. The molecule has 0 aliphatic carbocycles. The normalized spacial score (nSPS) is 11.1. The van der Waals surface area contributed by atoms with Gasteiger partial charge < -0.3 is 10.8 Å². The lowest BCUT2D eigenvalue weighted by Crippen LogP contribution is -2.03. The monoisotopic (exact) mass is 271 g/mol. The average molecular weight is 271 g/mol. The summed E-state index contributed by atoms with van der Waals surface area (Å²) >= 11 is 0. The van der Waals surface area contributed by atoms with E-state index in [0.717, 1.165) is 28.8 Å². The molecule has 1 aromatic heterocycles. The van der Waals surface area contributed by atoms with Crippen molar-refractivity contribution in [2.75, 3.05) is 5.73 Å². The summed E-state index contributed by atoms with van der Waals surface area (Å²) in [4.78, 5) is 8.89. The number of hydrogen-bond acceptors (Lipinski definition) is 4. The maximum atomic E-state index is 9.84. The Bertz CT molecular complexity index is 613. The molecule has 0 radical (unpaired) electrons. The van der Waals surface area contributed by atoms with Gasteiger partial charge in [0, 0.05) is 17.3 Å². The van der Waals surface area contributed by atoms with E-state index in [0.29, 0.717) is 23.3 Å². The first-order valence-corrected chi connectivity index (χ1v) is 6.81. The van der Waals surface area contributed by atoms with Crippen LogP contribution in [0.1, 0.15) is 30.7 Å². The van der Waals surface area contributed by atoms with Crippen LogP contribution in [0.3, 0.4) is 0 Å². The highest BCUT2D eigenvalue weighted by Crippen LogP contribution is 2.28. The molecule has 2 rings (SSSR count). The highest BCUT2D eigenvalue weighted by molar-refractivity contribution is 5.62. The number of nitrogen functional groups attached to an aromatic ring is 1. The smallest absolute Gasteiger partial charge is 0.161 e. The van der Waals surface area contributed by atoms with Gasteiger partial charge in [0.25, 0.3) is 0 Å². The van der Waals surface area contributed by atoms with Crippen molar-refractivity contribution in [2.45, 2.75) is 34.1 Å². The van der Waals surface area contributed by atoms with Gasteiger partial charge >= 0.3 is 0 Å². The molecule has 0 amide bonds. The number of rotatable bonds is 3. The van der Waals surface area contributed by atoms with Gasteiger partial charge in [-0.1, -0.05) is 13.8 Å². The number of anilines is 1. The van der Waals surface area contributed by atoms with Crippen LogP contribution in [0.2, 0.25) is 0 Å². The highest BCUT2D eigenvalue weighted by atomic mass is 16.3. The molecule has 0 fully saturated rings. The molecular weight excluding hydrogens is 250 g/mol. The first-order chi connectivity index (χ1) is 9.36. The van der Waals surface area contributed by atoms with E-state index in [1.807, 2.05) is 32.0 Å². The minimum Gasteiger partial charge on any atom is -0.507 e. The van der Waals surface area contributed by atoms with E-state index in [1.165, 1.54) is 0 Å². The summed E-state index contributed by atoms with van der Waals surface area (Å²) < 4.78 is 0. The van der Waals surface area contributed by atoms with Gasteiger partial charge in [-0.2, -0.15) is 0 Å². The molecule has 0 aliphatic rings. The van der Waals surface area contributed by atoms with Crippen molar-refractivity contribution < 1.29 is 5.11 Å². The third-order valence-electron chi connectivity index (χ3n) is 3.17. The molecular formula is C16H21N3O. The largest absolute Gasteiger partial charge is 0.507 e. The molecule has 1 heterocycles. The van der Waals surface area contributed by atoms with Gasteiger partial charge in [0.05, 0.1) is 0 Å². The highest BCUT2D eigenvalue weighted by Gasteiger charge is 2.10. The number of nitrogens with two attached hydrogens (primary N) is 1. The molecule has 2 aromatic rings. The molecule has 106 valence electrons. The number of hydrogen-bond donors (Lipinski definition) is 2. The van der Waals surface area contributed by atoms with Crippen LogP contribution in [0, 0.1) is 19.8 Å². The number of phenolic OH excluding ortho intramolecular Hbond substituents is 1. The summed E-state index contributed by atoms with van der Waals surface area (Å²) in [6, 6.07) is 5.59. The van der Waals surface area contributed by atoms with E-state index in [4.69, 9.17) is 5.73 Å². The fraction of sp³-hybridized carbons (Fsp3) is 0.375. The molecule has 4 nitrogen and oxygen atoms in total. The Hall–Kier alpha value is -2.10. The quantitative estimate of drug-likeness (QED) is 0.898. The molecule has 0 spiro atoms. The van der Waals surface area contributed by atoms with Crippen LogP contribution in [0.5, 0.6) is 5.75 Å². The van der Waals surface area contributed by atoms with E-state index in [2.05, 4.69) is 23.8 Å². The predicted octanol–water partition coefficient (Wildman–Crippen LogP) is 3.25. The summed E-state index contributed by atoms with van der Waals surface area (Å²) in [5.74, 6) is 1.93. The Kier molecular flexibility index (Phi) is 3.93. The molecule has 0 atom stereocenters. The predicted molar refractivity (Wildman–Crippen MR) is 81.6 cm³/mol. The van der Waals surface area contributed by atoms with Gasteiger partial charge in [-0.05, 0) is 49.4 Å². The molecule has 4 heteroatoms. The lowest BCUT2D eigenvalue weighted by Gasteiger charge is -2.10. The van der Waals surface area contributed by atoms with E-state index in [1.54, 1.807) is 0 Å². The molecule has 0 saturated carbocycles. The number of benzene rings is 1. The van der Waals surface area contributed by atoms with Crippen LogP contribution in [0.25, 0.3) is 11.4 Å². The number of aromatic nitrogens is 2. The topological polar surface area (TPSA) is 72.0 Å². The second-order valence-corrected chi connectivity index (χ2v) is 5.66. The first kappa shape index (κ1) is 14.3. The summed E-state index contributed by atoms with van der Waals surface area (Å²) in [6.45, 7) is 8.03. The van der Waals surface area contributed by atoms with Crippen LogP contribution >= 0.6 is 0 Å². The van der Waals surface area contributed by atoms with Gasteiger partial charge in [-0.25, -0.2) is 9.97 Å². The van der Waals surface area contributed by atoms with Crippen molar-refractivity contribution in [3.05, 3.63) is 35.0 Å². The van der Waals surface area contributed by atoms with Crippen molar-refractivity contribution in [1.29, 1.82) is 0 Å². The van der Waals surface area contributed by atoms with Gasteiger partial charge in [-0.15, -0.1) is 0 Å². The van der Waals surface area contributed by atoms with Gasteiger partial charge in [0.15, 0.2) is 5.82 Å². The van der Waals surface area contributed by atoms with Gasteiger partial charge in [0.2, 0.25) is 0 Å². The fourth-order valence-electron chi connectivity index (χ4n) is 2.26. The van der Waals surface area contributed by atoms with Crippen LogP contribution in [-0.2, 0) is 6.42 Å². The van der Waals surface area contributed by atoms with E-state index in [-0.39, 0.29) is 0 Å². The van der Waals surface area contributed by atoms with Gasteiger partial charge in [0.1, 0.15) is 11.6 Å². The lowest BCUT2D eigenvalue weighted by atomic mass is 10.0. The number of aryl methyl sites for hydroxylation is 2. The Balaban J connectivity index is 2.49. The van der Waals surface area contributed by atoms with Crippen LogP contribution in [0.4, 0.5) is 5.82 Å². The Morgan fingerprint density at radius 1 is 1.10 bits per heavy atom. The molecule has 0 unspecified atom stereocenters. The summed E-state index contributed by atoms with van der Waals surface area (Å²) in [6.07, 6.45) is 0.871. The first-order valence-electron chi connectivity index (χ1n) is 6.81. The summed E-state index contributed by atoms with van der Waals surface area (Å²) in [7, 11) is 0. The molecule has 0 aliphatic heterocycles. The van der Waals surface area contributed by atoms with Crippen molar-refractivity contribution >= 4 is 5.82 Å². The molecule has 0 bridgehead atoms. The van der Waals surface area contributed by atoms with Crippen molar-refractivity contribution in [2.24, 2.45) is 5.92 Å². The Morgan fingerprint density at radius 3 is 2.25 bits per heavy atom. The van der Waals surface area contributed by atoms with E-state index in [9.17, 15) is 5.11 Å². The standard InChI is InChI=1S/C16H21N3O/c1-9(2)5-13-8-14(17)19-16(18-13)12-6-10(3)15(20)11(4)7-12/h6-9,20H,5H2,1-4H3,(H2,17,18,19). The summed E-state index contributed by atoms with van der Waals surface area (Å²) in [5, 5.41) is 9.84. The van der Waals surface area contributed by atoms with Crippen molar-refractivity contribution in [1.82, 2.24) is 9.97 Å². The molecule has 0 saturated heterocycles. The zero-order valence-corrected chi connectivity index (χ0v) is 12.4. The Labute approximate surface area is 119 Å². The lowest BCUT2D eigenvalue weighted by molar-refractivity contribution is 0.467. The second-order valence-electron chi connectivity index (χ2n) is 5.66. The molecule has 1 aromatic carbocycles. The minimum absolute atomic E-state index is 0.319. The third-order valence-corrected chi connectivity index (χ3v) is 3.17. The average Bonchev–Trinajstić information content (AvgIpc) is 2.33. The van der Waals surface area contributed by atoms with Gasteiger partial charge in [-0.3, -0.25) is 0 Å². The number of phenols is 1. The fourth-order valence-corrected chi connectivity index (χ4v) is 2.26. The van der Waals surface area contributed by atoms with Crippen LogP contribution in [-0.4, -0.2) is 15.1 Å². The van der Waals surface area contributed by atoms with E-state index >= 15 is 0 Å². The Morgan fingerprint density at radius 2 is 1.70 bits per heavy atom. The second kappa shape index (κ2) is 5.49. The SMILES string of the molecule is Cc1cc(-c2nc(N)cc(CC(C)C)n2)cc(C)c1O. The van der Waals surface area contributed by atoms with Crippen LogP contribution < -0.4 is 5.73 Å². The maximum absolute atomic E-state index is 9.84. The molecule has 20 heavy (non-hydrogen) atoms. The van der Waals surface area contributed by atoms with Crippen molar-refractivity contribution in [3.8, 4) is 17.1 Å². The summed E-state index contributed by atoms with van der Waals surface area (Å²) in [5.41, 5.74) is 9.34. The minimum atomic E-state index is 0.319. The zero-order chi connectivity index (χ0) is 14.9. The van der Waals surface area contributed by atoms with E-state index < -0.39 is 0 Å².